The number of primary amides is 1. The number of likely N-dealkylation sites (tertiary alicyclic amines) is 1. The minimum atomic E-state index is -3.36. The number of hydrogen-bond donors (Lipinski definition) is 5. The van der Waals surface area contributed by atoms with Crippen molar-refractivity contribution in [2.24, 2.45) is 23.0 Å². The van der Waals surface area contributed by atoms with Gasteiger partial charge in [-0.3, -0.25) is 28.8 Å². The Hall–Kier alpha value is -5.19. The van der Waals surface area contributed by atoms with Crippen LogP contribution in [0.4, 0.5) is 9.59 Å². The summed E-state index contributed by atoms with van der Waals surface area (Å²) < 4.78 is 30.3. The lowest BCUT2D eigenvalue weighted by Crippen LogP contribution is -2.56. The van der Waals surface area contributed by atoms with Crippen molar-refractivity contribution in [2.75, 3.05) is 19.7 Å². The number of rotatable bonds is 16. The molecule has 4 aliphatic rings. The maximum atomic E-state index is 13.1. The van der Waals surface area contributed by atoms with Crippen LogP contribution in [-0.4, -0.2) is 96.2 Å². The largest absolute Gasteiger partial charge is 0.465 e. The number of nitrogens with zero attached hydrogens (tertiary/aromatic N) is 2. The Morgan fingerprint density at radius 2 is 1.79 bits per heavy atom. The number of amides is 6. The van der Waals surface area contributed by atoms with E-state index < -0.39 is 52.0 Å². The average Bonchev–Trinajstić information content (AvgIpc) is 4.09. The summed E-state index contributed by atoms with van der Waals surface area (Å²) in [4.78, 5) is 74.7. The van der Waals surface area contributed by atoms with E-state index in [2.05, 4.69) is 28.5 Å². The highest BCUT2D eigenvalue weighted by atomic mass is 32.2. The average molecular weight is 815 g/mol. The minimum absolute atomic E-state index is 0.0779. The minimum Gasteiger partial charge on any atom is -0.465 e. The predicted octanol–water partition coefficient (Wildman–Crippen LogP) is 3.82. The van der Waals surface area contributed by atoms with Crippen molar-refractivity contribution in [1.29, 1.82) is 0 Å². The molecule has 6 amide bonds. The van der Waals surface area contributed by atoms with Gasteiger partial charge in [-0.1, -0.05) is 70.7 Å². The van der Waals surface area contributed by atoms with E-state index in [-0.39, 0.29) is 41.6 Å². The molecule has 0 bridgehead atoms. The van der Waals surface area contributed by atoms with Crippen LogP contribution in [0.2, 0.25) is 0 Å². The number of alkyl carbamates (subject to hydrolysis) is 1. The number of benzene rings is 1. The number of carboxylic acid groups (broad SMARTS) is 1. The number of carbonyl (C=O) groups is 6. The van der Waals surface area contributed by atoms with Gasteiger partial charge in [-0.15, -0.1) is 6.58 Å². The molecule has 1 saturated heterocycles. The second-order valence-electron chi connectivity index (χ2n) is 15.0. The highest BCUT2D eigenvalue weighted by Gasteiger charge is 2.44. The molecular formula is C40H58N6O10S. The fourth-order valence-electron chi connectivity index (χ4n) is 6.40. The fraction of sp³-hybridized carbons (Fsp3) is 0.550. The van der Waals surface area contributed by atoms with E-state index in [4.69, 9.17) is 10.5 Å². The summed E-state index contributed by atoms with van der Waals surface area (Å²) in [5, 5.41) is 14.0. The Kier molecular flexibility index (Phi) is 16.9. The topological polar surface area (TPSA) is 235 Å². The first-order valence-electron chi connectivity index (χ1n) is 19.3. The van der Waals surface area contributed by atoms with E-state index in [1.165, 1.54) is 9.80 Å². The molecule has 17 heteroatoms. The molecule has 0 spiro atoms. The number of nitrogens with one attached hydrogen (secondary N) is 3. The molecule has 2 saturated carbocycles. The Bertz CT molecular complexity index is 1810. The van der Waals surface area contributed by atoms with Crippen LogP contribution in [0.5, 0.6) is 0 Å². The van der Waals surface area contributed by atoms with Gasteiger partial charge >= 0.3 is 12.2 Å². The third-order valence-corrected chi connectivity index (χ3v) is 11.8. The molecule has 2 aliphatic carbocycles. The van der Waals surface area contributed by atoms with E-state index in [0.29, 0.717) is 58.2 Å². The number of ether oxygens (including phenoxy) is 1. The molecule has 2 aliphatic heterocycles. The van der Waals surface area contributed by atoms with E-state index >= 15 is 0 Å². The monoisotopic (exact) mass is 814 g/mol. The van der Waals surface area contributed by atoms with Crippen LogP contribution in [0.15, 0.2) is 49.6 Å². The SMILES string of the molecule is C=CC(=O)NC[C@H](NC(=O)OCC(C)(C)CC/C=C/c1cccc2c1CN(C(=O)O)C2)C(=O)N1CCCC1C(N)=O.C=CC1CC1C(=O)NS(=O)(=O)C1CC1.CC. The van der Waals surface area contributed by atoms with Crippen molar-refractivity contribution in [3.8, 4) is 0 Å². The van der Waals surface area contributed by atoms with E-state index in [1.807, 2.05) is 58.0 Å². The molecule has 57 heavy (non-hydrogen) atoms. The molecule has 1 aromatic rings. The summed E-state index contributed by atoms with van der Waals surface area (Å²) in [5.41, 5.74) is 8.04. The zero-order valence-corrected chi connectivity index (χ0v) is 34.1. The van der Waals surface area contributed by atoms with Gasteiger partial charge < -0.3 is 31.1 Å². The van der Waals surface area contributed by atoms with Crippen molar-refractivity contribution in [3.05, 3.63) is 66.3 Å². The van der Waals surface area contributed by atoms with Gasteiger partial charge in [0.05, 0.1) is 18.4 Å². The van der Waals surface area contributed by atoms with Gasteiger partial charge in [0.15, 0.2) is 0 Å². The number of hydrogen-bond acceptors (Lipinski definition) is 9. The van der Waals surface area contributed by atoms with Crippen LogP contribution in [0, 0.1) is 17.3 Å². The number of fused-ring (bicyclic) bond motifs is 1. The highest BCUT2D eigenvalue weighted by molar-refractivity contribution is 7.90. The van der Waals surface area contributed by atoms with E-state index in [9.17, 15) is 42.3 Å². The lowest BCUT2D eigenvalue weighted by atomic mass is 9.88. The van der Waals surface area contributed by atoms with Gasteiger partial charge in [0.25, 0.3) is 0 Å². The Morgan fingerprint density at radius 1 is 1.09 bits per heavy atom. The van der Waals surface area contributed by atoms with Gasteiger partial charge in [0, 0.05) is 25.6 Å². The molecule has 2 heterocycles. The second-order valence-corrected chi connectivity index (χ2v) is 17.0. The van der Waals surface area contributed by atoms with Crippen LogP contribution >= 0.6 is 0 Å². The molecule has 16 nitrogen and oxygen atoms in total. The summed E-state index contributed by atoms with van der Waals surface area (Å²) in [6.45, 7) is 15.8. The Labute approximate surface area is 335 Å². The maximum Gasteiger partial charge on any atom is 0.407 e. The molecule has 6 N–H and O–H groups in total. The maximum absolute atomic E-state index is 13.1. The first kappa shape index (κ1) is 46.2. The summed E-state index contributed by atoms with van der Waals surface area (Å²) in [6, 6.07) is 3.90. The van der Waals surface area contributed by atoms with Crippen molar-refractivity contribution >= 4 is 51.9 Å². The van der Waals surface area contributed by atoms with Crippen LogP contribution in [-0.2, 0) is 47.0 Å². The Morgan fingerprint density at radius 3 is 2.39 bits per heavy atom. The van der Waals surface area contributed by atoms with Gasteiger partial charge in [-0.05, 0) is 79.0 Å². The second kappa shape index (κ2) is 20.8. The van der Waals surface area contributed by atoms with Gasteiger partial charge in [-0.2, -0.15) is 0 Å². The molecule has 0 aromatic heterocycles. The predicted molar refractivity (Wildman–Crippen MR) is 214 cm³/mol. The summed E-state index contributed by atoms with van der Waals surface area (Å²) in [5.74, 6) is -2.02. The molecule has 0 radical (unpaired) electrons. The van der Waals surface area contributed by atoms with Crippen LogP contribution in [0.3, 0.4) is 0 Å². The molecule has 4 atom stereocenters. The third kappa shape index (κ3) is 13.8. The third-order valence-electron chi connectivity index (χ3n) is 9.97. The summed E-state index contributed by atoms with van der Waals surface area (Å²) in [7, 11) is -3.36. The van der Waals surface area contributed by atoms with Crippen LogP contribution in [0.25, 0.3) is 6.08 Å². The number of allylic oxidation sites excluding steroid dienone is 2. The first-order chi connectivity index (χ1) is 27.0. The fourth-order valence-corrected chi connectivity index (χ4v) is 7.75. The molecule has 5 rings (SSSR count). The lowest BCUT2D eigenvalue weighted by molar-refractivity contribution is -0.139. The molecule has 3 unspecified atom stereocenters. The normalized spacial score (nSPS) is 20.0. The number of nitrogens with two attached hydrogens (primary N) is 1. The number of carbonyl (C=O) groups excluding carboxylic acids is 5. The molecular weight excluding hydrogens is 757 g/mol. The van der Waals surface area contributed by atoms with Gasteiger partial charge in [-0.25, -0.2) is 18.0 Å². The van der Waals surface area contributed by atoms with Crippen LogP contribution < -0.4 is 21.1 Å². The summed E-state index contributed by atoms with van der Waals surface area (Å²) >= 11 is 0. The zero-order valence-electron chi connectivity index (χ0n) is 33.3. The highest BCUT2D eigenvalue weighted by Crippen LogP contribution is 2.40. The van der Waals surface area contributed by atoms with Crippen molar-refractivity contribution in [3.63, 3.8) is 0 Å². The van der Waals surface area contributed by atoms with Gasteiger partial charge in [0.1, 0.15) is 12.1 Å². The summed E-state index contributed by atoms with van der Waals surface area (Å²) in [6.07, 6.45) is 9.51. The van der Waals surface area contributed by atoms with Crippen LogP contribution in [0.1, 0.15) is 89.3 Å². The number of sulfonamides is 1. The molecule has 314 valence electrons. The first-order valence-corrected chi connectivity index (χ1v) is 20.9. The Balaban J connectivity index is 0.000000451. The van der Waals surface area contributed by atoms with Gasteiger partial charge in [0.2, 0.25) is 33.7 Å². The van der Waals surface area contributed by atoms with Crippen molar-refractivity contribution in [1.82, 2.24) is 25.2 Å². The molecule has 3 fully saturated rings. The zero-order chi connectivity index (χ0) is 42.5. The smallest absolute Gasteiger partial charge is 0.407 e. The van der Waals surface area contributed by atoms with Crippen molar-refractivity contribution in [2.45, 2.75) is 103 Å². The van der Waals surface area contributed by atoms with E-state index in [1.54, 1.807) is 6.08 Å². The van der Waals surface area contributed by atoms with Crippen molar-refractivity contribution < 1.29 is 47.0 Å². The van der Waals surface area contributed by atoms with E-state index in [0.717, 1.165) is 29.2 Å². The lowest BCUT2D eigenvalue weighted by Gasteiger charge is -2.28. The quantitative estimate of drug-likeness (QED) is 0.120. The molecule has 1 aromatic carbocycles. The standard InChI is InChI=1S/C29H39N5O7.C9H13NO3S.C2H6/c1-4-24(35)31-15-22(26(37)34-14-8-12-23(34)25(30)36)32-27(38)41-18-29(2,3)13-6-5-9-19-10-7-11-20-16-33(28(39)40)17-21(19)20;1-2-6-5-8(6)9(11)10-14(12,13)7-3-4-7;1-2/h4-5,7,9-11,22-23H,1,6,8,12-18H2,2-3H3,(H2,30,36)(H,31,35)(H,32,38)(H,39,40);2,6-8H,1,3-5H2,(H,10,11);1-2H3/b9-5+;;/t22-,23?;;/m0../s1.